The van der Waals surface area contributed by atoms with E-state index in [1.165, 1.54) is 0 Å². The summed E-state index contributed by atoms with van der Waals surface area (Å²) in [7, 11) is 1.64. The molecule has 35 heavy (non-hydrogen) atoms. The minimum absolute atomic E-state index is 0.132. The summed E-state index contributed by atoms with van der Waals surface area (Å²) < 4.78 is 7.70. The number of hydrogen-bond acceptors (Lipinski definition) is 4. The molecule has 0 radical (unpaired) electrons. The zero-order valence-electron chi connectivity index (χ0n) is 20.1. The number of ether oxygens (including phenoxy) is 1. The summed E-state index contributed by atoms with van der Waals surface area (Å²) in [5.41, 5.74) is 2.82. The Hall–Kier alpha value is -3.29. The number of rotatable bonds is 8. The number of methoxy groups -OCH3 is 1. The van der Waals surface area contributed by atoms with Crippen molar-refractivity contribution in [2.75, 3.05) is 20.3 Å². The molecule has 0 aliphatic rings. The van der Waals surface area contributed by atoms with Crippen LogP contribution in [0.2, 0.25) is 0 Å². The van der Waals surface area contributed by atoms with Gasteiger partial charge < -0.3 is 9.64 Å². The summed E-state index contributed by atoms with van der Waals surface area (Å²) in [4.78, 5) is 34.1. The van der Waals surface area contributed by atoms with Crippen LogP contribution in [-0.4, -0.2) is 40.6 Å². The third-order valence-corrected chi connectivity index (χ3v) is 6.51. The van der Waals surface area contributed by atoms with E-state index in [1.807, 2.05) is 68.4 Å². The SMILES string of the molecule is COCCCN(C(=O)c1cccc(Br)c1)C(C)c1nc2ccccc2c(=O)n1-c1ccc(C)cc1. The van der Waals surface area contributed by atoms with Gasteiger partial charge in [-0.1, -0.05) is 51.8 Å². The van der Waals surface area contributed by atoms with E-state index in [0.717, 1.165) is 10.0 Å². The van der Waals surface area contributed by atoms with Crippen molar-refractivity contribution in [1.29, 1.82) is 0 Å². The fourth-order valence-corrected chi connectivity index (χ4v) is 4.55. The molecular weight excluding hydrogens is 506 g/mol. The smallest absolute Gasteiger partial charge is 0.266 e. The average Bonchev–Trinajstić information content (AvgIpc) is 2.87. The van der Waals surface area contributed by atoms with Gasteiger partial charge in [0.2, 0.25) is 0 Å². The van der Waals surface area contributed by atoms with Gasteiger partial charge in [-0.2, -0.15) is 0 Å². The number of aryl methyl sites for hydroxylation is 1. The molecule has 4 rings (SSSR count). The highest BCUT2D eigenvalue weighted by Crippen LogP contribution is 2.25. The van der Waals surface area contributed by atoms with Crippen molar-refractivity contribution in [3.63, 3.8) is 0 Å². The molecule has 0 aliphatic carbocycles. The molecule has 7 heteroatoms. The Morgan fingerprint density at radius 3 is 2.54 bits per heavy atom. The molecule has 4 aromatic rings. The number of para-hydroxylation sites is 1. The lowest BCUT2D eigenvalue weighted by molar-refractivity contribution is 0.0657. The molecule has 0 spiro atoms. The summed E-state index contributed by atoms with van der Waals surface area (Å²) in [6.07, 6.45) is 0.656. The number of nitrogens with zero attached hydrogens (tertiary/aromatic N) is 3. The van der Waals surface area contributed by atoms with Crippen LogP contribution in [0, 0.1) is 6.92 Å². The molecule has 1 heterocycles. The maximum absolute atomic E-state index is 13.7. The number of carbonyl (C=O) groups excluding carboxylic acids is 1. The lowest BCUT2D eigenvalue weighted by Gasteiger charge is -2.31. The van der Waals surface area contributed by atoms with Gasteiger partial charge in [0.25, 0.3) is 11.5 Å². The number of hydrogen-bond donors (Lipinski definition) is 0. The number of benzene rings is 3. The first-order valence-corrected chi connectivity index (χ1v) is 12.3. The fraction of sp³-hybridized carbons (Fsp3) is 0.250. The number of amides is 1. The number of aromatic nitrogens is 2. The second-order valence-corrected chi connectivity index (χ2v) is 9.41. The van der Waals surface area contributed by atoms with Crippen LogP contribution in [0.4, 0.5) is 0 Å². The number of carbonyl (C=O) groups is 1. The van der Waals surface area contributed by atoms with Gasteiger partial charge in [-0.3, -0.25) is 14.2 Å². The topological polar surface area (TPSA) is 64.4 Å². The van der Waals surface area contributed by atoms with Crippen molar-refractivity contribution in [1.82, 2.24) is 14.5 Å². The highest BCUT2D eigenvalue weighted by Gasteiger charge is 2.27. The monoisotopic (exact) mass is 533 g/mol. The van der Waals surface area contributed by atoms with Gasteiger partial charge >= 0.3 is 0 Å². The van der Waals surface area contributed by atoms with Gasteiger partial charge in [-0.05, 0) is 62.7 Å². The molecule has 180 valence electrons. The first kappa shape index (κ1) is 24.8. The Morgan fingerprint density at radius 1 is 1.09 bits per heavy atom. The molecule has 1 aromatic heterocycles. The van der Waals surface area contributed by atoms with Gasteiger partial charge in [-0.15, -0.1) is 0 Å². The standard InChI is InChI=1S/C28H28BrN3O3/c1-19-12-14-23(15-13-19)32-26(30-25-11-5-4-10-24(25)28(32)34)20(2)31(16-7-17-35-3)27(33)21-8-6-9-22(29)18-21/h4-6,8-15,18,20H,7,16-17H2,1-3H3. The van der Waals surface area contributed by atoms with E-state index in [2.05, 4.69) is 15.9 Å². The molecule has 0 N–H and O–H groups in total. The highest BCUT2D eigenvalue weighted by atomic mass is 79.9. The highest BCUT2D eigenvalue weighted by molar-refractivity contribution is 9.10. The molecule has 0 bridgehead atoms. The lowest BCUT2D eigenvalue weighted by atomic mass is 10.1. The maximum atomic E-state index is 13.7. The maximum Gasteiger partial charge on any atom is 0.266 e. The van der Waals surface area contributed by atoms with Gasteiger partial charge in [0, 0.05) is 30.3 Å². The molecule has 1 atom stereocenters. The quantitative estimate of drug-likeness (QED) is 0.272. The minimum Gasteiger partial charge on any atom is -0.385 e. The van der Waals surface area contributed by atoms with Crippen LogP contribution in [0.5, 0.6) is 0 Å². The van der Waals surface area contributed by atoms with E-state index in [-0.39, 0.29) is 11.5 Å². The summed E-state index contributed by atoms with van der Waals surface area (Å²) in [5, 5.41) is 0.535. The Balaban J connectivity index is 1.88. The van der Waals surface area contributed by atoms with Gasteiger partial charge in [-0.25, -0.2) is 4.98 Å². The second kappa shape index (κ2) is 11.0. The summed E-state index contributed by atoms with van der Waals surface area (Å²) >= 11 is 3.46. The summed E-state index contributed by atoms with van der Waals surface area (Å²) in [6, 6.07) is 21.9. The molecule has 0 saturated heterocycles. The van der Waals surface area contributed by atoms with Gasteiger partial charge in [0.1, 0.15) is 5.82 Å². The Bertz CT molecular complexity index is 1400. The molecule has 0 aliphatic heterocycles. The largest absolute Gasteiger partial charge is 0.385 e. The second-order valence-electron chi connectivity index (χ2n) is 8.49. The van der Waals surface area contributed by atoms with Crippen molar-refractivity contribution < 1.29 is 9.53 Å². The van der Waals surface area contributed by atoms with Crippen LogP contribution < -0.4 is 5.56 Å². The van der Waals surface area contributed by atoms with Gasteiger partial charge in [0.05, 0.1) is 22.6 Å². The third-order valence-electron chi connectivity index (χ3n) is 6.01. The van der Waals surface area contributed by atoms with Crippen molar-refractivity contribution in [2.45, 2.75) is 26.3 Å². The van der Waals surface area contributed by atoms with Crippen molar-refractivity contribution >= 4 is 32.7 Å². The molecule has 6 nitrogen and oxygen atoms in total. The van der Waals surface area contributed by atoms with Crippen molar-refractivity contribution in [2.24, 2.45) is 0 Å². The first-order valence-electron chi connectivity index (χ1n) is 11.5. The molecule has 1 unspecified atom stereocenters. The molecular formula is C28H28BrN3O3. The van der Waals surface area contributed by atoms with Crippen molar-refractivity contribution in [3.05, 3.63) is 105 Å². The Kier molecular flexibility index (Phi) is 7.78. The molecule has 0 fully saturated rings. The predicted octanol–water partition coefficient (Wildman–Crippen LogP) is 5.70. The zero-order valence-corrected chi connectivity index (χ0v) is 21.7. The van der Waals surface area contributed by atoms with E-state index < -0.39 is 6.04 Å². The average molecular weight is 534 g/mol. The minimum atomic E-state index is -0.475. The van der Waals surface area contributed by atoms with E-state index in [9.17, 15) is 9.59 Å². The number of halogens is 1. The first-order chi connectivity index (χ1) is 16.9. The molecule has 0 saturated carbocycles. The van der Waals surface area contributed by atoms with Crippen LogP contribution in [0.15, 0.2) is 82.1 Å². The van der Waals surface area contributed by atoms with Crippen LogP contribution in [0.25, 0.3) is 16.6 Å². The van der Waals surface area contributed by atoms with Crippen LogP contribution in [0.1, 0.15) is 41.1 Å². The number of fused-ring (bicyclic) bond motifs is 1. The normalized spacial score (nSPS) is 12.0. The van der Waals surface area contributed by atoms with Crippen LogP contribution in [0.3, 0.4) is 0 Å². The van der Waals surface area contributed by atoms with Crippen LogP contribution >= 0.6 is 15.9 Å². The Morgan fingerprint density at radius 2 is 1.83 bits per heavy atom. The van der Waals surface area contributed by atoms with Crippen molar-refractivity contribution in [3.8, 4) is 5.69 Å². The lowest BCUT2D eigenvalue weighted by Crippen LogP contribution is -2.38. The van der Waals surface area contributed by atoms with E-state index in [4.69, 9.17) is 9.72 Å². The summed E-state index contributed by atoms with van der Waals surface area (Å²) in [6.45, 7) is 4.90. The van der Waals surface area contributed by atoms with Crippen LogP contribution in [-0.2, 0) is 4.74 Å². The summed E-state index contributed by atoms with van der Waals surface area (Å²) in [5.74, 6) is 0.381. The predicted molar refractivity (Wildman–Crippen MR) is 142 cm³/mol. The van der Waals surface area contributed by atoms with Gasteiger partial charge in [0.15, 0.2) is 0 Å². The Labute approximate surface area is 213 Å². The third kappa shape index (κ3) is 5.36. The molecule has 1 amide bonds. The fourth-order valence-electron chi connectivity index (χ4n) is 4.15. The van der Waals surface area contributed by atoms with E-state index in [0.29, 0.717) is 47.6 Å². The zero-order chi connectivity index (χ0) is 24.9. The van der Waals surface area contributed by atoms with E-state index >= 15 is 0 Å². The molecule has 3 aromatic carbocycles. The van der Waals surface area contributed by atoms with E-state index in [1.54, 1.807) is 34.8 Å².